The van der Waals surface area contributed by atoms with Crippen molar-refractivity contribution < 1.29 is 23.7 Å². The Kier molecular flexibility index (Phi) is 6.00. The number of rotatable bonds is 8. The number of nitrogens with zero attached hydrogens (tertiary/aromatic N) is 1. The zero-order valence-corrected chi connectivity index (χ0v) is 16.6. The van der Waals surface area contributed by atoms with Crippen molar-refractivity contribution >= 4 is 11.9 Å². The Balaban J connectivity index is 1.49. The number of hydrogen-bond donors (Lipinski definition) is 0. The van der Waals surface area contributed by atoms with E-state index in [2.05, 4.69) is 4.90 Å². The maximum atomic E-state index is 12.9. The van der Waals surface area contributed by atoms with Gasteiger partial charge in [-0.3, -0.25) is 9.69 Å². The standard InChI is InChI=1S/C23H25NO5/c1-26-18-7-4-17(5-8-18)6-9-20(25)19-14-22-23(29-16-28-22)15-21(19)27-13-12-24-10-2-3-11-24/h4-9,14-15H,2-3,10-13,16H2,1H3/b9-6+. The van der Waals surface area contributed by atoms with Crippen LogP contribution in [0.4, 0.5) is 0 Å². The second-order valence-corrected chi connectivity index (χ2v) is 7.07. The number of likely N-dealkylation sites (tertiary alicyclic amines) is 1. The average Bonchev–Trinajstić information content (AvgIpc) is 3.43. The van der Waals surface area contributed by atoms with Crippen LogP contribution in [0, 0.1) is 0 Å². The third kappa shape index (κ3) is 4.71. The van der Waals surface area contributed by atoms with E-state index in [1.165, 1.54) is 12.8 Å². The summed E-state index contributed by atoms with van der Waals surface area (Å²) in [7, 11) is 1.62. The van der Waals surface area contributed by atoms with Crippen LogP contribution in [0.15, 0.2) is 42.5 Å². The molecule has 0 aliphatic carbocycles. The molecule has 2 aromatic rings. The molecule has 0 radical (unpaired) electrons. The summed E-state index contributed by atoms with van der Waals surface area (Å²) in [4.78, 5) is 15.3. The molecule has 6 heteroatoms. The summed E-state index contributed by atoms with van der Waals surface area (Å²) in [5, 5.41) is 0. The minimum Gasteiger partial charge on any atom is -0.497 e. The van der Waals surface area contributed by atoms with Crippen LogP contribution in [0.5, 0.6) is 23.0 Å². The number of benzene rings is 2. The topological polar surface area (TPSA) is 57.2 Å². The average molecular weight is 395 g/mol. The van der Waals surface area contributed by atoms with E-state index < -0.39 is 0 Å². The molecule has 0 bridgehead atoms. The maximum Gasteiger partial charge on any atom is 0.231 e. The molecular weight excluding hydrogens is 370 g/mol. The van der Waals surface area contributed by atoms with Crippen molar-refractivity contribution in [2.24, 2.45) is 0 Å². The van der Waals surface area contributed by atoms with Crippen LogP contribution in [0.2, 0.25) is 0 Å². The van der Waals surface area contributed by atoms with E-state index in [0.29, 0.717) is 29.4 Å². The third-order valence-corrected chi connectivity index (χ3v) is 5.15. The number of allylic oxidation sites excluding steroid dienone is 1. The number of methoxy groups -OCH3 is 1. The second kappa shape index (κ2) is 9.01. The highest BCUT2D eigenvalue weighted by Crippen LogP contribution is 2.38. The smallest absolute Gasteiger partial charge is 0.231 e. The highest BCUT2D eigenvalue weighted by Gasteiger charge is 2.21. The van der Waals surface area contributed by atoms with Crippen molar-refractivity contribution in [3.05, 3.63) is 53.6 Å². The highest BCUT2D eigenvalue weighted by atomic mass is 16.7. The van der Waals surface area contributed by atoms with Crippen molar-refractivity contribution in [2.75, 3.05) is 40.1 Å². The summed E-state index contributed by atoms with van der Waals surface area (Å²) in [6.45, 7) is 3.76. The van der Waals surface area contributed by atoms with Gasteiger partial charge in [0.1, 0.15) is 18.1 Å². The zero-order chi connectivity index (χ0) is 20.1. The van der Waals surface area contributed by atoms with Gasteiger partial charge < -0.3 is 18.9 Å². The van der Waals surface area contributed by atoms with Crippen molar-refractivity contribution in [1.82, 2.24) is 4.90 Å². The van der Waals surface area contributed by atoms with Crippen LogP contribution in [0.1, 0.15) is 28.8 Å². The van der Waals surface area contributed by atoms with Crippen LogP contribution in [-0.2, 0) is 0 Å². The lowest BCUT2D eigenvalue weighted by Gasteiger charge is -2.16. The van der Waals surface area contributed by atoms with E-state index in [1.54, 1.807) is 31.4 Å². The van der Waals surface area contributed by atoms with Crippen LogP contribution in [0.3, 0.4) is 0 Å². The Labute approximate surface area is 170 Å². The number of hydrogen-bond acceptors (Lipinski definition) is 6. The maximum absolute atomic E-state index is 12.9. The molecule has 1 saturated heterocycles. The lowest BCUT2D eigenvalue weighted by molar-refractivity contribution is 0.104. The number of carbonyl (C=O) groups is 1. The van der Waals surface area contributed by atoms with E-state index in [0.717, 1.165) is 30.9 Å². The van der Waals surface area contributed by atoms with Crippen LogP contribution in [-0.4, -0.2) is 50.8 Å². The van der Waals surface area contributed by atoms with Crippen molar-refractivity contribution in [3.8, 4) is 23.0 Å². The van der Waals surface area contributed by atoms with E-state index in [4.69, 9.17) is 18.9 Å². The van der Waals surface area contributed by atoms with Crippen molar-refractivity contribution in [1.29, 1.82) is 0 Å². The molecular formula is C23H25NO5. The molecule has 0 spiro atoms. The molecule has 152 valence electrons. The molecule has 0 N–H and O–H groups in total. The second-order valence-electron chi connectivity index (χ2n) is 7.07. The number of ether oxygens (including phenoxy) is 4. The molecule has 4 rings (SSSR count). The molecule has 2 aromatic carbocycles. The molecule has 1 fully saturated rings. The molecule has 2 aliphatic heterocycles. The SMILES string of the molecule is COc1ccc(/C=C/C(=O)c2cc3c(cc2OCCN2CCCC2)OCO3)cc1. The van der Waals surface area contributed by atoms with Gasteiger partial charge in [-0.15, -0.1) is 0 Å². The molecule has 2 heterocycles. The first-order valence-electron chi connectivity index (χ1n) is 9.88. The Bertz CT molecular complexity index is 885. The summed E-state index contributed by atoms with van der Waals surface area (Å²) < 4.78 is 22.0. The number of fused-ring (bicyclic) bond motifs is 1. The van der Waals surface area contributed by atoms with Gasteiger partial charge in [-0.2, -0.15) is 0 Å². The van der Waals surface area contributed by atoms with Gasteiger partial charge in [0.05, 0.1) is 12.7 Å². The van der Waals surface area contributed by atoms with Gasteiger partial charge in [0, 0.05) is 12.6 Å². The molecule has 0 amide bonds. The molecule has 6 nitrogen and oxygen atoms in total. The Hall–Kier alpha value is -2.99. The first-order chi connectivity index (χ1) is 14.2. The molecule has 0 aromatic heterocycles. The number of carbonyl (C=O) groups excluding carboxylic acids is 1. The fraction of sp³-hybridized carbons (Fsp3) is 0.348. The van der Waals surface area contributed by atoms with E-state index in [1.807, 2.05) is 24.3 Å². The van der Waals surface area contributed by atoms with E-state index in [9.17, 15) is 4.79 Å². The summed E-state index contributed by atoms with van der Waals surface area (Å²) in [5.74, 6) is 2.33. The first-order valence-corrected chi connectivity index (χ1v) is 9.88. The fourth-order valence-corrected chi connectivity index (χ4v) is 3.50. The van der Waals surface area contributed by atoms with Gasteiger partial charge in [-0.05, 0) is 55.8 Å². The Morgan fingerprint density at radius 2 is 1.83 bits per heavy atom. The van der Waals surface area contributed by atoms with Crippen LogP contribution >= 0.6 is 0 Å². The zero-order valence-electron chi connectivity index (χ0n) is 16.6. The monoisotopic (exact) mass is 395 g/mol. The predicted molar refractivity (Wildman–Crippen MR) is 110 cm³/mol. The highest BCUT2D eigenvalue weighted by molar-refractivity contribution is 6.09. The van der Waals surface area contributed by atoms with E-state index in [-0.39, 0.29) is 12.6 Å². The summed E-state index contributed by atoms with van der Waals surface area (Å²) in [6, 6.07) is 11.0. The van der Waals surface area contributed by atoms with Gasteiger partial charge >= 0.3 is 0 Å². The number of ketones is 1. The van der Waals surface area contributed by atoms with Gasteiger partial charge in [0.2, 0.25) is 6.79 Å². The minimum absolute atomic E-state index is 0.143. The first kappa shape index (κ1) is 19.3. The van der Waals surface area contributed by atoms with Crippen molar-refractivity contribution in [2.45, 2.75) is 12.8 Å². The molecule has 2 aliphatic rings. The third-order valence-electron chi connectivity index (χ3n) is 5.15. The van der Waals surface area contributed by atoms with Gasteiger partial charge in [0.25, 0.3) is 0 Å². The normalized spacial score (nSPS) is 15.8. The lowest BCUT2D eigenvalue weighted by Crippen LogP contribution is -2.25. The largest absolute Gasteiger partial charge is 0.497 e. The van der Waals surface area contributed by atoms with Gasteiger partial charge in [-0.1, -0.05) is 18.2 Å². The molecule has 0 unspecified atom stereocenters. The summed E-state index contributed by atoms with van der Waals surface area (Å²) in [5.41, 5.74) is 1.39. The Morgan fingerprint density at radius 3 is 2.55 bits per heavy atom. The molecule has 0 saturated carbocycles. The van der Waals surface area contributed by atoms with Crippen LogP contribution in [0.25, 0.3) is 6.08 Å². The Morgan fingerprint density at radius 1 is 1.10 bits per heavy atom. The van der Waals surface area contributed by atoms with Gasteiger partial charge in [0.15, 0.2) is 17.3 Å². The van der Waals surface area contributed by atoms with Gasteiger partial charge in [-0.25, -0.2) is 0 Å². The quantitative estimate of drug-likeness (QED) is 0.501. The van der Waals surface area contributed by atoms with Crippen molar-refractivity contribution in [3.63, 3.8) is 0 Å². The van der Waals surface area contributed by atoms with Crippen LogP contribution < -0.4 is 18.9 Å². The summed E-state index contributed by atoms with van der Waals surface area (Å²) in [6.07, 6.45) is 5.81. The molecule has 0 atom stereocenters. The molecule has 29 heavy (non-hydrogen) atoms. The minimum atomic E-state index is -0.143. The lowest BCUT2D eigenvalue weighted by atomic mass is 10.1. The summed E-state index contributed by atoms with van der Waals surface area (Å²) >= 11 is 0. The predicted octanol–water partition coefficient (Wildman–Crippen LogP) is 3.79. The fourth-order valence-electron chi connectivity index (χ4n) is 3.50. The van der Waals surface area contributed by atoms with E-state index >= 15 is 0 Å².